The van der Waals surface area contributed by atoms with Gasteiger partial charge in [0.05, 0.1) is 0 Å². The van der Waals surface area contributed by atoms with Crippen LogP contribution in [-0.2, 0) is 25.8 Å². The fourth-order valence-corrected chi connectivity index (χ4v) is 3.99. The molecule has 33 heavy (non-hydrogen) atoms. The number of hydroxylamine groups is 2. The number of carbonyl (C=O) groups excluding carboxylic acids is 3. The van der Waals surface area contributed by atoms with Crippen LogP contribution in [0, 0.1) is 6.92 Å². The summed E-state index contributed by atoms with van der Waals surface area (Å²) in [6.07, 6.45) is 1.24. The van der Waals surface area contributed by atoms with Gasteiger partial charge in [0, 0.05) is 25.7 Å². The Labute approximate surface area is 193 Å². The third kappa shape index (κ3) is 6.52. The molecule has 1 aliphatic heterocycles. The smallest absolute Gasteiger partial charge is 0.322 e. The van der Waals surface area contributed by atoms with Gasteiger partial charge in [0.15, 0.2) is 0 Å². The molecule has 0 unspecified atom stereocenters. The van der Waals surface area contributed by atoms with Gasteiger partial charge >= 0.3 is 5.97 Å². The van der Waals surface area contributed by atoms with Gasteiger partial charge in [-0.2, -0.15) is 0 Å². The molecule has 0 bridgehead atoms. The summed E-state index contributed by atoms with van der Waals surface area (Å²) >= 11 is 0. The normalized spacial score (nSPS) is 19.4. The summed E-state index contributed by atoms with van der Waals surface area (Å²) in [5.41, 5.74) is 8.38. The topological polar surface area (TPSA) is 127 Å². The van der Waals surface area contributed by atoms with Crippen LogP contribution in [0.4, 0.5) is 5.82 Å². The average molecular weight is 454 g/mol. The standard InChI is InChI=1S/C24H31N5O4/c1-15-20(9-10-22(25)27-15)14-26-23(31)16(2)28-24(32)21-13-19(18-7-5-4-6-8-18)11-12-29(21)33-17(3)30/h4-10,16,19,21H,11-14H2,1-3H3,(H2,25,27)(H,26,31)(H,28,32)/t16-,19-,21+/m0/s1. The second kappa shape index (κ2) is 10.9. The van der Waals surface area contributed by atoms with Crippen LogP contribution in [0.1, 0.15) is 49.4 Å². The number of rotatable bonds is 7. The van der Waals surface area contributed by atoms with E-state index in [-0.39, 0.29) is 24.3 Å². The van der Waals surface area contributed by atoms with E-state index in [4.69, 9.17) is 10.6 Å². The molecule has 2 heterocycles. The predicted molar refractivity (Wildman–Crippen MR) is 124 cm³/mol. The Morgan fingerprint density at radius 3 is 2.61 bits per heavy atom. The molecule has 0 aliphatic carbocycles. The van der Waals surface area contributed by atoms with Crippen LogP contribution < -0.4 is 16.4 Å². The Morgan fingerprint density at radius 1 is 1.21 bits per heavy atom. The number of piperidine rings is 1. The van der Waals surface area contributed by atoms with E-state index in [9.17, 15) is 14.4 Å². The molecule has 1 fully saturated rings. The van der Waals surface area contributed by atoms with Gasteiger partial charge in [-0.25, -0.2) is 4.98 Å². The van der Waals surface area contributed by atoms with Crippen molar-refractivity contribution in [3.05, 3.63) is 59.3 Å². The number of nitrogens with zero attached hydrogens (tertiary/aromatic N) is 2. The van der Waals surface area contributed by atoms with Gasteiger partial charge in [-0.3, -0.25) is 14.4 Å². The van der Waals surface area contributed by atoms with Gasteiger partial charge in [0.25, 0.3) is 0 Å². The quantitative estimate of drug-likeness (QED) is 0.584. The first-order chi connectivity index (χ1) is 15.7. The predicted octanol–water partition coefficient (Wildman–Crippen LogP) is 1.82. The minimum absolute atomic E-state index is 0.152. The van der Waals surface area contributed by atoms with Gasteiger partial charge in [-0.05, 0) is 49.8 Å². The Kier molecular flexibility index (Phi) is 8.00. The van der Waals surface area contributed by atoms with Crippen molar-refractivity contribution in [2.24, 2.45) is 0 Å². The van der Waals surface area contributed by atoms with Crippen LogP contribution in [0.15, 0.2) is 42.5 Å². The molecule has 0 spiro atoms. The van der Waals surface area contributed by atoms with E-state index in [1.54, 1.807) is 13.0 Å². The molecule has 0 radical (unpaired) electrons. The molecule has 1 aromatic heterocycles. The number of aryl methyl sites for hydroxylation is 1. The minimum Gasteiger partial charge on any atom is -0.384 e. The summed E-state index contributed by atoms with van der Waals surface area (Å²) in [5.74, 6) is -0.594. The van der Waals surface area contributed by atoms with E-state index in [1.165, 1.54) is 12.0 Å². The molecule has 176 valence electrons. The maximum atomic E-state index is 13.1. The highest BCUT2D eigenvalue weighted by atomic mass is 16.7. The number of pyridine rings is 1. The van der Waals surface area contributed by atoms with Crippen LogP contribution in [0.25, 0.3) is 0 Å². The fourth-order valence-electron chi connectivity index (χ4n) is 3.99. The molecular formula is C24H31N5O4. The Balaban J connectivity index is 1.62. The SMILES string of the molecule is CC(=O)ON1CC[C@H](c2ccccc2)C[C@@H]1C(=O)N[C@@H](C)C(=O)NCc1ccc(N)nc1C. The molecule has 3 atom stereocenters. The van der Waals surface area contributed by atoms with Crippen molar-refractivity contribution in [2.45, 2.75) is 58.2 Å². The maximum Gasteiger partial charge on any atom is 0.322 e. The molecule has 0 saturated carbocycles. The number of nitrogens with two attached hydrogens (primary N) is 1. The van der Waals surface area contributed by atoms with Gasteiger partial charge in [0.2, 0.25) is 11.8 Å². The van der Waals surface area contributed by atoms with E-state index >= 15 is 0 Å². The second-order valence-electron chi connectivity index (χ2n) is 8.30. The molecule has 2 aromatic rings. The summed E-state index contributed by atoms with van der Waals surface area (Å²) in [7, 11) is 0. The molecule has 9 nitrogen and oxygen atoms in total. The highest BCUT2D eigenvalue weighted by Gasteiger charge is 2.37. The third-order valence-electron chi connectivity index (χ3n) is 5.79. The Hall–Kier alpha value is -3.46. The van der Waals surface area contributed by atoms with E-state index in [0.717, 1.165) is 23.2 Å². The van der Waals surface area contributed by atoms with Crippen molar-refractivity contribution in [2.75, 3.05) is 12.3 Å². The van der Waals surface area contributed by atoms with Crippen molar-refractivity contribution >= 4 is 23.6 Å². The number of aromatic nitrogens is 1. The summed E-state index contributed by atoms with van der Waals surface area (Å²) in [4.78, 5) is 46.7. The average Bonchev–Trinajstić information content (AvgIpc) is 2.78. The van der Waals surface area contributed by atoms with Crippen molar-refractivity contribution < 1.29 is 19.2 Å². The van der Waals surface area contributed by atoms with Crippen molar-refractivity contribution in [3.8, 4) is 0 Å². The van der Waals surface area contributed by atoms with Crippen molar-refractivity contribution in [1.29, 1.82) is 0 Å². The lowest BCUT2D eigenvalue weighted by atomic mass is 9.86. The number of anilines is 1. The molecule has 9 heteroatoms. The minimum atomic E-state index is -0.768. The molecule has 4 N–H and O–H groups in total. The van der Waals surface area contributed by atoms with E-state index < -0.39 is 18.1 Å². The molecule has 2 amide bonds. The first kappa shape index (κ1) is 24.2. The number of nitrogen functional groups attached to an aromatic ring is 1. The van der Waals surface area contributed by atoms with Crippen LogP contribution in [0.2, 0.25) is 0 Å². The van der Waals surface area contributed by atoms with Gasteiger partial charge in [0.1, 0.15) is 17.9 Å². The number of nitrogens with one attached hydrogen (secondary N) is 2. The highest BCUT2D eigenvalue weighted by molar-refractivity contribution is 5.89. The van der Waals surface area contributed by atoms with Crippen LogP contribution in [0.5, 0.6) is 0 Å². The fraction of sp³-hybridized carbons (Fsp3) is 0.417. The molecule has 1 aliphatic rings. The largest absolute Gasteiger partial charge is 0.384 e. The lowest BCUT2D eigenvalue weighted by Gasteiger charge is -2.37. The first-order valence-electron chi connectivity index (χ1n) is 11.0. The highest BCUT2D eigenvalue weighted by Crippen LogP contribution is 2.32. The lowest BCUT2D eigenvalue weighted by Crippen LogP contribution is -2.55. The Bertz CT molecular complexity index is 998. The number of benzene rings is 1. The van der Waals surface area contributed by atoms with Gasteiger partial charge < -0.3 is 21.2 Å². The number of amides is 2. The summed E-state index contributed by atoms with van der Waals surface area (Å²) in [5, 5.41) is 7.00. The third-order valence-corrected chi connectivity index (χ3v) is 5.79. The van der Waals surface area contributed by atoms with Gasteiger partial charge in [-0.1, -0.05) is 36.4 Å². The van der Waals surface area contributed by atoms with Crippen LogP contribution >= 0.6 is 0 Å². The monoisotopic (exact) mass is 453 g/mol. The summed E-state index contributed by atoms with van der Waals surface area (Å²) < 4.78 is 0. The maximum absolute atomic E-state index is 13.1. The van der Waals surface area contributed by atoms with E-state index in [0.29, 0.717) is 18.8 Å². The number of carbonyl (C=O) groups is 3. The number of hydrogen-bond acceptors (Lipinski definition) is 7. The zero-order valence-corrected chi connectivity index (χ0v) is 19.2. The Morgan fingerprint density at radius 2 is 1.94 bits per heavy atom. The van der Waals surface area contributed by atoms with E-state index in [2.05, 4.69) is 15.6 Å². The molecule has 1 saturated heterocycles. The van der Waals surface area contributed by atoms with Crippen LogP contribution in [-0.4, -0.2) is 46.5 Å². The second-order valence-corrected chi connectivity index (χ2v) is 8.30. The van der Waals surface area contributed by atoms with Crippen molar-refractivity contribution in [3.63, 3.8) is 0 Å². The molecular weight excluding hydrogens is 422 g/mol. The first-order valence-corrected chi connectivity index (χ1v) is 11.0. The molecule has 1 aromatic carbocycles. The van der Waals surface area contributed by atoms with E-state index in [1.807, 2.05) is 43.3 Å². The lowest BCUT2D eigenvalue weighted by molar-refractivity contribution is -0.207. The van der Waals surface area contributed by atoms with Gasteiger partial charge in [-0.15, -0.1) is 5.06 Å². The summed E-state index contributed by atoms with van der Waals surface area (Å²) in [6.45, 7) is 5.45. The number of hydrogen-bond donors (Lipinski definition) is 3. The summed E-state index contributed by atoms with van der Waals surface area (Å²) in [6, 6.07) is 12.0. The zero-order chi connectivity index (χ0) is 24.0. The van der Waals surface area contributed by atoms with Crippen LogP contribution in [0.3, 0.4) is 0 Å². The zero-order valence-electron chi connectivity index (χ0n) is 19.2. The molecule has 3 rings (SSSR count). The van der Waals surface area contributed by atoms with Crippen molar-refractivity contribution in [1.82, 2.24) is 20.7 Å².